The molecule has 0 fully saturated rings. The SMILES string of the molecule is CN(CCC#N)C(=O)c1ncccc1N. The van der Waals surface area contributed by atoms with Gasteiger partial charge in [-0.25, -0.2) is 4.98 Å². The average Bonchev–Trinajstić information content (AvgIpc) is 2.25. The molecular weight excluding hydrogens is 192 g/mol. The van der Waals surface area contributed by atoms with Gasteiger partial charge >= 0.3 is 0 Å². The lowest BCUT2D eigenvalue weighted by Crippen LogP contribution is -2.29. The van der Waals surface area contributed by atoms with Crippen LogP contribution in [0.1, 0.15) is 16.9 Å². The fraction of sp³-hybridized carbons (Fsp3) is 0.300. The van der Waals surface area contributed by atoms with Crippen molar-refractivity contribution in [3.05, 3.63) is 24.0 Å². The number of aromatic nitrogens is 1. The predicted molar refractivity (Wildman–Crippen MR) is 55.8 cm³/mol. The van der Waals surface area contributed by atoms with Crippen LogP contribution < -0.4 is 5.73 Å². The molecule has 0 aliphatic heterocycles. The summed E-state index contributed by atoms with van der Waals surface area (Å²) in [5.41, 5.74) is 6.20. The first-order chi connectivity index (χ1) is 7.16. The minimum absolute atomic E-state index is 0.234. The van der Waals surface area contributed by atoms with Crippen molar-refractivity contribution in [2.75, 3.05) is 19.3 Å². The first-order valence-corrected chi connectivity index (χ1v) is 4.49. The third-order valence-electron chi connectivity index (χ3n) is 1.95. The molecule has 1 aromatic heterocycles. The van der Waals surface area contributed by atoms with Crippen molar-refractivity contribution in [1.82, 2.24) is 9.88 Å². The zero-order valence-electron chi connectivity index (χ0n) is 8.47. The van der Waals surface area contributed by atoms with Crippen molar-refractivity contribution < 1.29 is 4.79 Å². The molecule has 5 nitrogen and oxygen atoms in total. The highest BCUT2D eigenvalue weighted by molar-refractivity contribution is 5.96. The van der Waals surface area contributed by atoms with E-state index in [0.717, 1.165) is 0 Å². The Morgan fingerprint density at radius 1 is 1.73 bits per heavy atom. The van der Waals surface area contributed by atoms with E-state index in [-0.39, 0.29) is 11.6 Å². The van der Waals surface area contributed by atoms with Gasteiger partial charge in [-0.2, -0.15) is 5.26 Å². The van der Waals surface area contributed by atoms with E-state index in [1.807, 2.05) is 6.07 Å². The molecule has 2 N–H and O–H groups in total. The van der Waals surface area contributed by atoms with Crippen LogP contribution >= 0.6 is 0 Å². The number of hydrogen-bond acceptors (Lipinski definition) is 4. The molecule has 0 atom stereocenters. The highest BCUT2D eigenvalue weighted by Crippen LogP contribution is 2.09. The molecule has 0 saturated heterocycles. The van der Waals surface area contributed by atoms with Crippen LogP contribution in [0.3, 0.4) is 0 Å². The molecule has 0 unspecified atom stereocenters. The van der Waals surface area contributed by atoms with Crippen LogP contribution in [0.2, 0.25) is 0 Å². The number of pyridine rings is 1. The summed E-state index contributed by atoms with van der Waals surface area (Å²) < 4.78 is 0. The summed E-state index contributed by atoms with van der Waals surface area (Å²) in [6.07, 6.45) is 1.82. The Bertz CT molecular complexity index is 397. The van der Waals surface area contributed by atoms with Gasteiger partial charge in [0.1, 0.15) is 0 Å². The van der Waals surface area contributed by atoms with Gasteiger partial charge in [0, 0.05) is 19.8 Å². The van der Waals surface area contributed by atoms with Crippen molar-refractivity contribution in [2.45, 2.75) is 6.42 Å². The van der Waals surface area contributed by atoms with Gasteiger partial charge in [0.05, 0.1) is 18.2 Å². The third-order valence-corrected chi connectivity index (χ3v) is 1.95. The highest BCUT2D eigenvalue weighted by Gasteiger charge is 2.14. The number of rotatable bonds is 3. The van der Waals surface area contributed by atoms with E-state index in [9.17, 15) is 4.79 Å². The van der Waals surface area contributed by atoms with Crippen molar-refractivity contribution in [1.29, 1.82) is 5.26 Å². The lowest BCUT2D eigenvalue weighted by Gasteiger charge is -2.15. The second kappa shape index (κ2) is 4.96. The largest absolute Gasteiger partial charge is 0.397 e. The van der Waals surface area contributed by atoms with Crippen LogP contribution in [0.25, 0.3) is 0 Å². The normalized spacial score (nSPS) is 9.33. The Morgan fingerprint density at radius 3 is 3.07 bits per heavy atom. The molecule has 0 aromatic carbocycles. The van der Waals surface area contributed by atoms with Crippen LogP contribution in [0.15, 0.2) is 18.3 Å². The van der Waals surface area contributed by atoms with Gasteiger partial charge in [0.2, 0.25) is 0 Å². The molecule has 1 amide bonds. The Balaban J connectivity index is 2.77. The lowest BCUT2D eigenvalue weighted by atomic mass is 10.2. The fourth-order valence-corrected chi connectivity index (χ4v) is 1.10. The standard InChI is InChI=1S/C10H12N4O/c1-14(7-3-5-11)10(15)9-8(12)4-2-6-13-9/h2,4,6H,3,7,12H2,1H3. The van der Waals surface area contributed by atoms with Crippen LogP contribution in [0, 0.1) is 11.3 Å². The van der Waals surface area contributed by atoms with Gasteiger partial charge in [-0.15, -0.1) is 0 Å². The molecule has 1 aromatic rings. The number of nitriles is 1. The second-order valence-corrected chi connectivity index (χ2v) is 3.08. The van der Waals surface area contributed by atoms with Crippen molar-refractivity contribution in [2.24, 2.45) is 0 Å². The molecule has 5 heteroatoms. The highest BCUT2D eigenvalue weighted by atomic mass is 16.2. The van der Waals surface area contributed by atoms with Crippen molar-refractivity contribution in [3.8, 4) is 6.07 Å². The van der Waals surface area contributed by atoms with E-state index in [1.165, 1.54) is 11.1 Å². The van der Waals surface area contributed by atoms with E-state index in [0.29, 0.717) is 18.7 Å². The average molecular weight is 204 g/mol. The van der Waals surface area contributed by atoms with E-state index < -0.39 is 0 Å². The van der Waals surface area contributed by atoms with Gasteiger partial charge in [0.25, 0.3) is 5.91 Å². The third kappa shape index (κ3) is 2.68. The van der Waals surface area contributed by atoms with E-state index >= 15 is 0 Å². The fourth-order valence-electron chi connectivity index (χ4n) is 1.10. The van der Waals surface area contributed by atoms with Gasteiger partial charge in [-0.1, -0.05) is 0 Å². The molecule has 0 aliphatic carbocycles. The van der Waals surface area contributed by atoms with Crippen LogP contribution in [0.4, 0.5) is 5.69 Å². The van der Waals surface area contributed by atoms with Gasteiger partial charge in [-0.05, 0) is 12.1 Å². The molecule has 0 aliphatic rings. The smallest absolute Gasteiger partial charge is 0.274 e. The summed E-state index contributed by atoms with van der Waals surface area (Å²) in [7, 11) is 1.62. The number of nitrogens with two attached hydrogens (primary N) is 1. The molecule has 0 radical (unpaired) electrons. The summed E-state index contributed by atoms with van der Waals surface area (Å²) in [5, 5.41) is 8.39. The minimum atomic E-state index is -0.261. The molecule has 1 rings (SSSR count). The van der Waals surface area contributed by atoms with Crippen molar-refractivity contribution in [3.63, 3.8) is 0 Å². The maximum atomic E-state index is 11.7. The number of anilines is 1. The maximum Gasteiger partial charge on any atom is 0.274 e. The Hall–Kier alpha value is -2.09. The summed E-state index contributed by atoms with van der Waals surface area (Å²) >= 11 is 0. The molecule has 0 spiro atoms. The minimum Gasteiger partial charge on any atom is -0.397 e. The summed E-state index contributed by atoms with van der Waals surface area (Å²) in [6.45, 7) is 0.380. The number of nitrogen functional groups attached to an aromatic ring is 1. The van der Waals surface area contributed by atoms with E-state index in [2.05, 4.69) is 4.98 Å². The monoisotopic (exact) mass is 204 g/mol. The Kier molecular flexibility index (Phi) is 3.63. The Morgan fingerprint density at radius 2 is 2.47 bits per heavy atom. The summed E-state index contributed by atoms with van der Waals surface area (Å²) in [6, 6.07) is 5.27. The molecule has 1 heterocycles. The first kappa shape index (κ1) is 11.0. The molecule has 0 bridgehead atoms. The second-order valence-electron chi connectivity index (χ2n) is 3.08. The number of carbonyl (C=O) groups is 1. The van der Waals surface area contributed by atoms with Crippen molar-refractivity contribution >= 4 is 11.6 Å². The Labute approximate surface area is 88.1 Å². The topological polar surface area (TPSA) is 83.0 Å². The number of hydrogen-bond donors (Lipinski definition) is 1. The van der Waals surface area contributed by atoms with E-state index in [4.69, 9.17) is 11.0 Å². The van der Waals surface area contributed by atoms with Crippen LogP contribution in [-0.2, 0) is 0 Å². The maximum absolute atomic E-state index is 11.7. The molecular formula is C10H12N4O. The zero-order chi connectivity index (χ0) is 11.3. The molecule has 0 saturated carbocycles. The van der Waals surface area contributed by atoms with Crippen LogP contribution in [-0.4, -0.2) is 29.4 Å². The molecule has 78 valence electrons. The summed E-state index contributed by atoms with van der Waals surface area (Å²) in [5.74, 6) is -0.261. The van der Waals surface area contributed by atoms with E-state index in [1.54, 1.807) is 19.2 Å². The quantitative estimate of drug-likeness (QED) is 0.783. The van der Waals surface area contributed by atoms with Gasteiger partial charge < -0.3 is 10.6 Å². The number of nitrogens with zero attached hydrogens (tertiary/aromatic N) is 3. The van der Waals surface area contributed by atoms with Gasteiger partial charge in [-0.3, -0.25) is 4.79 Å². The number of amides is 1. The summed E-state index contributed by atoms with van der Waals surface area (Å²) in [4.78, 5) is 17.1. The predicted octanol–water partition coefficient (Wildman–Crippen LogP) is 0.649. The lowest BCUT2D eigenvalue weighted by molar-refractivity contribution is 0.0793. The number of carbonyl (C=O) groups excluding carboxylic acids is 1. The first-order valence-electron chi connectivity index (χ1n) is 4.49. The molecule has 15 heavy (non-hydrogen) atoms. The van der Waals surface area contributed by atoms with Crippen LogP contribution in [0.5, 0.6) is 0 Å². The van der Waals surface area contributed by atoms with Gasteiger partial charge in [0.15, 0.2) is 5.69 Å². The zero-order valence-corrected chi connectivity index (χ0v) is 8.47.